The molecule has 0 bridgehead atoms. The van der Waals surface area contributed by atoms with Crippen molar-refractivity contribution < 1.29 is 0 Å². The van der Waals surface area contributed by atoms with Crippen LogP contribution in [0.4, 0.5) is 0 Å². The van der Waals surface area contributed by atoms with Crippen molar-refractivity contribution in [2.24, 2.45) is 28.7 Å². The van der Waals surface area contributed by atoms with Crippen molar-refractivity contribution in [2.45, 2.75) is 105 Å². The SMILES string of the molecule is CCCCCC(N)CCCC(C)CC1(C)CC(CN)=C(C)CC1C. The molecule has 0 spiro atoms. The molecule has 1 aliphatic rings. The lowest BCUT2D eigenvalue weighted by Gasteiger charge is -2.43. The van der Waals surface area contributed by atoms with Gasteiger partial charge < -0.3 is 11.5 Å². The Morgan fingerprint density at radius 3 is 2.46 bits per heavy atom. The number of unbranched alkanes of at least 4 members (excludes halogenated alkanes) is 2. The number of hydrogen-bond donors (Lipinski definition) is 2. The van der Waals surface area contributed by atoms with Crippen LogP contribution in [-0.2, 0) is 0 Å². The van der Waals surface area contributed by atoms with Gasteiger partial charge in [0.15, 0.2) is 0 Å². The van der Waals surface area contributed by atoms with Gasteiger partial charge in [-0.25, -0.2) is 0 Å². The standard InChI is InChI=1S/C22H44N2/c1-6-7-8-11-21(24)12-9-10-17(2)14-22(5)15-20(16-23)18(3)13-19(22)4/h17,19,21H,6-16,23-24H2,1-5H3. The van der Waals surface area contributed by atoms with E-state index in [1.54, 1.807) is 5.57 Å². The van der Waals surface area contributed by atoms with Crippen LogP contribution in [0.25, 0.3) is 0 Å². The molecule has 1 aliphatic carbocycles. The van der Waals surface area contributed by atoms with E-state index < -0.39 is 0 Å². The Balaban J connectivity index is 2.37. The number of nitrogens with two attached hydrogens (primary N) is 2. The van der Waals surface area contributed by atoms with Gasteiger partial charge in [-0.15, -0.1) is 0 Å². The lowest BCUT2D eigenvalue weighted by molar-refractivity contribution is 0.136. The average Bonchev–Trinajstić information content (AvgIpc) is 2.51. The summed E-state index contributed by atoms with van der Waals surface area (Å²) < 4.78 is 0. The van der Waals surface area contributed by atoms with Gasteiger partial charge in [0.25, 0.3) is 0 Å². The Morgan fingerprint density at radius 2 is 1.83 bits per heavy atom. The van der Waals surface area contributed by atoms with Crippen molar-refractivity contribution in [3.05, 3.63) is 11.1 Å². The fourth-order valence-corrected chi connectivity index (χ4v) is 4.61. The van der Waals surface area contributed by atoms with E-state index in [4.69, 9.17) is 11.5 Å². The van der Waals surface area contributed by atoms with Gasteiger partial charge >= 0.3 is 0 Å². The molecule has 0 heterocycles. The average molecular weight is 337 g/mol. The predicted molar refractivity (Wildman–Crippen MR) is 108 cm³/mol. The summed E-state index contributed by atoms with van der Waals surface area (Å²) in [6, 6.07) is 0.419. The molecule has 4 N–H and O–H groups in total. The molecule has 4 unspecified atom stereocenters. The molecule has 0 radical (unpaired) electrons. The first-order valence-electron chi connectivity index (χ1n) is 10.5. The third-order valence-corrected chi connectivity index (χ3v) is 6.53. The highest BCUT2D eigenvalue weighted by Crippen LogP contribution is 2.47. The zero-order valence-corrected chi connectivity index (χ0v) is 17.2. The molecular weight excluding hydrogens is 292 g/mol. The molecule has 0 aliphatic heterocycles. The summed E-state index contributed by atoms with van der Waals surface area (Å²) in [4.78, 5) is 0. The van der Waals surface area contributed by atoms with E-state index in [2.05, 4.69) is 34.6 Å². The van der Waals surface area contributed by atoms with Gasteiger partial charge in [-0.2, -0.15) is 0 Å². The Kier molecular flexibility index (Phi) is 9.59. The van der Waals surface area contributed by atoms with Gasteiger partial charge in [-0.1, -0.05) is 70.9 Å². The normalized spacial score (nSPS) is 27.4. The summed E-state index contributed by atoms with van der Waals surface area (Å²) >= 11 is 0. The van der Waals surface area contributed by atoms with Gasteiger partial charge in [0.1, 0.15) is 0 Å². The predicted octanol–water partition coefficient (Wildman–Crippen LogP) is 5.80. The molecule has 142 valence electrons. The van der Waals surface area contributed by atoms with E-state index >= 15 is 0 Å². The van der Waals surface area contributed by atoms with Crippen LogP contribution in [-0.4, -0.2) is 12.6 Å². The first-order valence-corrected chi connectivity index (χ1v) is 10.5. The molecule has 0 aromatic rings. The van der Waals surface area contributed by atoms with Crippen LogP contribution in [0.2, 0.25) is 0 Å². The molecule has 0 aromatic heterocycles. The van der Waals surface area contributed by atoms with Crippen molar-refractivity contribution in [1.82, 2.24) is 0 Å². The second kappa shape index (κ2) is 10.6. The molecule has 2 nitrogen and oxygen atoms in total. The Morgan fingerprint density at radius 1 is 1.17 bits per heavy atom. The van der Waals surface area contributed by atoms with E-state index in [0.717, 1.165) is 18.4 Å². The number of rotatable bonds is 11. The van der Waals surface area contributed by atoms with Crippen LogP contribution >= 0.6 is 0 Å². The lowest BCUT2D eigenvalue weighted by Crippen LogP contribution is -2.33. The monoisotopic (exact) mass is 336 g/mol. The molecular formula is C22H44N2. The van der Waals surface area contributed by atoms with Gasteiger partial charge in [0, 0.05) is 12.6 Å². The summed E-state index contributed by atoms with van der Waals surface area (Å²) in [6.45, 7) is 12.7. The van der Waals surface area contributed by atoms with E-state index in [1.807, 2.05) is 0 Å². The van der Waals surface area contributed by atoms with Crippen molar-refractivity contribution in [1.29, 1.82) is 0 Å². The second-order valence-corrected chi connectivity index (χ2v) is 9.02. The maximum absolute atomic E-state index is 6.26. The van der Waals surface area contributed by atoms with Crippen LogP contribution in [0.5, 0.6) is 0 Å². The zero-order chi connectivity index (χ0) is 18.2. The van der Waals surface area contributed by atoms with E-state index in [1.165, 1.54) is 69.8 Å². The first kappa shape index (κ1) is 21.7. The summed E-state index contributed by atoms with van der Waals surface area (Å²) in [7, 11) is 0. The van der Waals surface area contributed by atoms with E-state index in [-0.39, 0.29) is 0 Å². The highest BCUT2D eigenvalue weighted by atomic mass is 14.6. The topological polar surface area (TPSA) is 52.0 Å². The van der Waals surface area contributed by atoms with Crippen LogP contribution in [0, 0.1) is 17.3 Å². The first-order chi connectivity index (χ1) is 11.3. The van der Waals surface area contributed by atoms with Crippen molar-refractivity contribution >= 4 is 0 Å². The van der Waals surface area contributed by atoms with Crippen LogP contribution < -0.4 is 11.5 Å². The van der Waals surface area contributed by atoms with E-state index in [9.17, 15) is 0 Å². The lowest BCUT2D eigenvalue weighted by atomic mass is 9.62. The van der Waals surface area contributed by atoms with Gasteiger partial charge in [0.2, 0.25) is 0 Å². The highest BCUT2D eigenvalue weighted by molar-refractivity contribution is 5.20. The maximum atomic E-state index is 6.26. The van der Waals surface area contributed by atoms with Crippen molar-refractivity contribution in [3.8, 4) is 0 Å². The minimum atomic E-state index is 0.419. The number of hydrogen-bond acceptors (Lipinski definition) is 2. The molecule has 0 aromatic carbocycles. The third-order valence-electron chi connectivity index (χ3n) is 6.53. The van der Waals surface area contributed by atoms with Gasteiger partial charge in [0.05, 0.1) is 0 Å². The smallest absolute Gasteiger partial charge is 0.0139 e. The zero-order valence-electron chi connectivity index (χ0n) is 17.2. The Hall–Kier alpha value is -0.340. The molecule has 24 heavy (non-hydrogen) atoms. The van der Waals surface area contributed by atoms with Gasteiger partial charge in [-0.3, -0.25) is 0 Å². The molecule has 2 heteroatoms. The molecule has 4 atom stereocenters. The Bertz CT molecular complexity index is 387. The van der Waals surface area contributed by atoms with Crippen LogP contribution in [0.3, 0.4) is 0 Å². The summed E-state index contributed by atoms with van der Waals surface area (Å²) in [5, 5.41) is 0. The number of allylic oxidation sites excluding steroid dienone is 1. The molecule has 0 saturated carbocycles. The van der Waals surface area contributed by atoms with Crippen LogP contribution in [0.15, 0.2) is 11.1 Å². The van der Waals surface area contributed by atoms with Crippen molar-refractivity contribution in [2.75, 3.05) is 6.54 Å². The largest absolute Gasteiger partial charge is 0.328 e. The quantitative estimate of drug-likeness (QED) is 0.370. The Labute approximate surface area is 151 Å². The molecule has 0 saturated heterocycles. The summed E-state index contributed by atoms with van der Waals surface area (Å²) in [5.41, 5.74) is 15.7. The highest BCUT2D eigenvalue weighted by Gasteiger charge is 2.36. The minimum absolute atomic E-state index is 0.419. The van der Waals surface area contributed by atoms with Crippen LogP contribution in [0.1, 0.15) is 98.8 Å². The molecule has 0 fully saturated rings. The fourth-order valence-electron chi connectivity index (χ4n) is 4.61. The van der Waals surface area contributed by atoms with E-state index in [0.29, 0.717) is 11.5 Å². The fraction of sp³-hybridized carbons (Fsp3) is 0.909. The molecule has 0 amide bonds. The minimum Gasteiger partial charge on any atom is -0.328 e. The summed E-state index contributed by atoms with van der Waals surface area (Å²) in [5.74, 6) is 1.56. The third kappa shape index (κ3) is 6.88. The van der Waals surface area contributed by atoms with Gasteiger partial charge in [-0.05, 0) is 56.3 Å². The maximum Gasteiger partial charge on any atom is 0.0139 e. The summed E-state index contributed by atoms with van der Waals surface area (Å²) in [6.07, 6.45) is 12.7. The molecule has 1 rings (SSSR count). The second-order valence-electron chi connectivity index (χ2n) is 9.02. The van der Waals surface area contributed by atoms with Crippen molar-refractivity contribution in [3.63, 3.8) is 0 Å².